The van der Waals surface area contributed by atoms with Gasteiger partial charge in [0.15, 0.2) is 6.10 Å². The number of rotatable bonds is 8. The second-order valence-electron chi connectivity index (χ2n) is 6.80. The van der Waals surface area contributed by atoms with Crippen molar-refractivity contribution in [2.24, 2.45) is 0 Å². The van der Waals surface area contributed by atoms with Crippen molar-refractivity contribution in [1.29, 1.82) is 0 Å². The van der Waals surface area contributed by atoms with Crippen molar-refractivity contribution in [1.82, 2.24) is 0 Å². The Bertz CT molecular complexity index is 962. The van der Waals surface area contributed by atoms with Crippen molar-refractivity contribution in [2.75, 3.05) is 0 Å². The van der Waals surface area contributed by atoms with Gasteiger partial charge in [-0.25, -0.2) is 4.79 Å². The van der Waals surface area contributed by atoms with Crippen molar-refractivity contribution in [3.63, 3.8) is 0 Å². The summed E-state index contributed by atoms with van der Waals surface area (Å²) in [6.45, 7) is 3.70. The fraction of sp³-hybridized carbons (Fsp3) is 0.200. The summed E-state index contributed by atoms with van der Waals surface area (Å²) in [5, 5.41) is 0. The van der Waals surface area contributed by atoms with E-state index in [1.54, 1.807) is 43.3 Å². The van der Waals surface area contributed by atoms with Gasteiger partial charge in [-0.15, -0.1) is 0 Å². The minimum absolute atomic E-state index is 0.224. The predicted molar refractivity (Wildman–Crippen MR) is 113 cm³/mol. The number of aryl methyl sites for hydroxylation is 1. The molecule has 0 amide bonds. The van der Waals surface area contributed by atoms with Gasteiger partial charge in [0.1, 0.15) is 11.5 Å². The molecule has 0 aliphatic rings. The SMILES string of the molecule is CCCc1ccc(C(=O)C(C)OC(=O)c2cccc(Oc3ccccc3)c2)cc1. The molecular formula is C25H24O4. The van der Waals surface area contributed by atoms with Crippen LogP contribution in [0.1, 0.15) is 46.5 Å². The summed E-state index contributed by atoms with van der Waals surface area (Å²) in [4.78, 5) is 25.1. The molecule has 0 saturated heterocycles. The summed E-state index contributed by atoms with van der Waals surface area (Å²) >= 11 is 0. The van der Waals surface area contributed by atoms with E-state index in [-0.39, 0.29) is 5.78 Å². The molecule has 0 heterocycles. The molecule has 0 aliphatic heterocycles. The van der Waals surface area contributed by atoms with Gasteiger partial charge in [0.05, 0.1) is 5.56 Å². The summed E-state index contributed by atoms with van der Waals surface area (Å²) in [6, 6.07) is 23.5. The van der Waals surface area contributed by atoms with Crippen LogP contribution in [0, 0.1) is 0 Å². The zero-order valence-corrected chi connectivity index (χ0v) is 16.6. The van der Waals surface area contributed by atoms with Crippen LogP contribution < -0.4 is 4.74 Å². The first-order chi connectivity index (χ1) is 14.1. The molecule has 3 rings (SSSR count). The lowest BCUT2D eigenvalue weighted by molar-refractivity contribution is 0.0318. The number of carbonyl (C=O) groups is 2. The molecule has 4 heteroatoms. The van der Waals surface area contributed by atoms with E-state index in [4.69, 9.17) is 9.47 Å². The molecule has 3 aromatic carbocycles. The van der Waals surface area contributed by atoms with Gasteiger partial charge >= 0.3 is 5.97 Å². The Labute approximate surface area is 171 Å². The number of ketones is 1. The third kappa shape index (κ3) is 5.55. The number of benzene rings is 3. The molecule has 4 nitrogen and oxygen atoms in total. The standard InChI is InChI=1S/C25H24O4/c1-3-8-19-13-15-20(16-14-19)24(26)18(2)28-25(27)21-9-7-12-23(17-21)29-22-10-5-4-6-11-22/h4-7,9-18H,3,8H2,1-2H3. The largest absolute Gasteiger partial charge is 0.457 e. The topological polar surface area (TPSA) is 52.6 Å². The highest BCUT2D eigenvalue weighted by Gasteiger charge is 2.20. The molecule has 0 aromatic heterocycles. The minimum atomic E-state index is -0.877. The number of carbonyl (C=O) groups excluding carboxylic acids is 2. The van der Waals surface area contributed by atoms with Gasteiger partial charge in [-0.1, -0.05) is 61.9 Å². The number of para-hydroxylation sites is 1. The normalized spacial score (nSPS) is 11.5. The van der Waals surface area contributed by atoms with E-state index in [0.717, 1.165) is 12.8 Å². The average Bonchev–Trinajstić information content (AvgIpc) is 2.75. The molecule has 0 N–H and O–H groups in total. The molecule has 0 radical (unpaired) electrons. The van der Waals surface area contributed by atoms with Crippen molar-refractivity contribution < 1.29 is 19.1 Å². The smallest absolute Gasteiger partial charge is 0.338 e. The average molecular weight is 388 g/mol. The molecule has 0 aliphatic carbocycles. The minimum Gasteiger partial charge on any atom is -0.457 e. The molecule has 0 saturated carbocycles. The lowest BCUT2D eigenvalue weighted by Crippen LogP contribution is -2.24. The van der Waals surface area contributed by atoms with Crippen LogP contribution in [0.15, 0.2) is 78.9 Å². The van der Waals surface area contributed by atoms with E-state index in [1.807, 2.05) is 42.5 Å². The Morgan fingerprint density at radius 1 is 0.828 bits per heavy atom. The number of ether oxygens (including phenoxy) is 2. The molecule has 148 valence electrons. The zero-order chi connectivity index (χ0) is 20.6. The van der Waals surface area contributed by atoms with Crippen LogP contribution in [0.25, 0.3) is 0 Å². The quantitative estimate of drug-likeness (QED) is 0.358. The molecule has 0 bridgehead atoms. The fourth-order valence-corrected chi connectivity index (χ4v) is 2.95. The Hall–Kier alpha value is -3.40. The van der Waals surface area contributed by atoms with Crippen LogP contribution in [-0.4, -0.2) is 17.9 Å². The highest BCUT2D eigenvalue weighted by atomic mass is 16.5. The first-order valence-electron chi connectivity index (χ1n) is 9.74. The van der Waals surface area contributed by atoms with E-state index in [0.29, 0.717) is 22.6 Å². The van der Waals surface area contributed by atoms with Crippen LogP contribution in [0.5, 0.6) is 11.5 Å². The van der Waals surface area contributed by atoms with Crippen molar-refractivity contribution in [2.45, 2.75) is 32.8 Å². The first kappa shape index (κ1) is 20.3. The van der Waals surface area contributed by atoms with Gasteiger partial charge in [-0.2, -0.15) is 0 Å². The molecule has 0 fully saturated rings. The maximum Gasteiger partial charge on any atom is 0.338 e. The summed E-state index contributed by atoms with van der Waals surface area (Å²) in [5.41, 5.74) is 2.05. The van der Waals surface area contributed by atoms with Gasteiger partial charge in [-0.05, 0) is 49.2 Å². The van der Waals surface area contributed by atoms with Crippen LogP contribution >= 0.6 is 0 Å². The molecular weight excluding hydrogens is 364 g/mol. The Morgan fingerprint density at radius 2 is 1.52 bits per heavy atom. The summed E-state index contributed by atoms with van der Waals surface area (Å²) in [6.07, 6.45) is 1.15. The third-order valence-corrected chi connectivity index (χ3v) is 4.48. The highest BCUT2D eigenvalue weighted by molar-refractivity contribution is 6.01. The van der Waals surface area contributed by atoms with Crippen LogP contribution in [0.2, 0.25) is 0 Å². The number of esters is 1. The zero-order valence-electron chi connectivity index (χ0n) is 16.6. The summed E-state index contributed by atoms with van der Waals surface area (Å²) in [5.74, 6) is 0.411. The second kappa shape index (κ2) is 9.69. The second-order valence-corrected chi connectivity index (χ2v) is 6.80. The van der Waals surface area contributed by atoms with Gasteiger partial charge in [0, 0.05) is 5.56 Å². The molecule has 29 heavy (non-hydrogen) atoms. The van der Waals surface area contributed by atoms with Gasteiger partial charge in [0.2, 0.25) is 5.78 Å². The number of hydrogen-bond donors (Lipinski definition) is 0. The van der Waals surface area contributed by atoms with Crippen LogP contribution in [0.4, 0.5) is 0 Å². The predicted octanol–water partition coefficient (Wildman–Crippen LogP) is 5.86. The van der Waals surface area contributed by atoms with Gasteiger partial charge < -0.3 is 9.47 Å². The van der Waals surface area contributed by atoms with E-state index in [1.165, 1.54) is 5.56 Å². The maximum absolute atomic E-state index is 12.6. The van der Waals surface area contributed by atoms with Crippen LogP contribution in [-0.2, 0) is 11.2 Å². The maximum atomic E-state index is 12.6. The van der Waals surface area contributed by atoms with Gasteiger partial charge in [-0.3, -0.25) is 4.79 Å². The molecule has 3 aromatic rings. The summed E-state index contributed by atoms with van der Waals surface area (Å²) < 4.78 is 11.1. The lowest BCUT2D eigenvalue weighted by Gasteiger charge is -2.13. The lowest BCUT2D eigenvalue weighted by atomic mass is 10.0. The molecule has 0 spiro atoms. The first-order valence-corrected chi connectivity index (χ1v) is 9.74. The van der Waals surface area contributed by atoms with Crippen molar-refractivity contribution >= 4 is 11.8 Å². The van der Waals surface area contributed by atoms with Crippen LogP contribution in [0.3, 0.4) is 0 Å². The van der Waals surface area contributed by atoms with Crippen molar-refractivity contribution in [3.05, 3.63) is 95.6 Å². The number of Topliss-reactive ketones (excluding diaryl/α,β-unsaturated/α-hetero) is 1. The monoisotopic (exact) mass is 388 g/mol. The molecule has 1 unspecified atom stereocenters. The van der Waals surface area contributed by atoms with E-state index >= 15 is 0 Å². The van der Waals surface area contributed by atoms with Gasteiger partial charge in [0.25, 0.3) is 0 Å². The third-order valence-electron chi connectivity index (χ3n) is 4.48. The Balaban J connectivity index is 1.64. The van der Waals surface area contributed by atoms with Crippen molar-refractivity contribution in [3.8, 4) is 11.5 Å². The van der Waals surface area contributed by atoms with E-state index in [2.05, 4.69) is 6.92 Å². The number of hydrogen-bond acceptors (Lipinski definition) is 4. The Morgan fingerprint density at radius 3 is 2.21 bits per heavy atom. The van der Waals surface area contributed by atoms with E-state index < -0.39 is 12.1 Å². The summed E-state index contributed by atoms with van der Waals surface area (Å²) in [7, 11) is 0. The highest BCUT2D eigenvalue weighted by Crippen LogP contribution is 2.22. The van der Waals surface area contributed by atoms with E-state index in [9.17, 15) is 9.59 Å². The fourth-order valence-electron chi connectivity index (χ4n) is 2.95. The molecule has 1 atom stereocenters. The Kier molecular flexibility index (Phi) is 6.80.